The quantitative estimate of drug-likeness (QED) is 0.827. The molecule has 1 aromatic heterocycles. The van der Waals surface area contributed by atoms with Gasteiger partial charge in [-0.2, -0.15) is 4.98 Å². The van der Waals surface area contributed by atoms with Crippen LogP contribution < -0.4 is 5.73 Å². The Hall–Kier alpha value is -1.33. The molecule has 0 radical (unpaired) electrons. The topological polar surface area (TPSA) is 64.9 Å². The molecule has 108 valence electrons. The van der Waals surface area contributed by atoms with Crippen LogP contribution in [0.3, 0.4) is 0 Å². The second-order valence-corrected chi connectivity index (χ2v) is 6.29. The van der Waals surface area contributed by atoms with E-state index in [0.29, 0.717) is 24.1 Å². The van der Waals surface area contributed by atoms with E-state index in [4.69, 9.17) is 10.3 Å². The molecule has 5 heteroatoms. The molecule has 0 amide bonds. The molecule has 0 fully saturated rings. The minimum absolute atomic E-state index is 0.139. The highest BCUT2D eigenvalue weighted by molar-refractivity contribution is 7.98. The van der Waals surface area contributed by atoms with Crippen molar-refractivity contribution in [3.8, 4) is 0 Å². The Labute approximate surface area is 124 Å². The van der Waals surface area contributed by atoms with Crippen LogP contribution in [0.2, 0.25) is 0 Å². The first-order valence-electron chi connectivity index (χ1n) is 6.82. The summed E-state index contributed by atoms with van der Waals surface area (Å²) >= 11 is 1.71. The molecule has 0 saturated heterocycles. The zero-order chi connectivity index (χ0) is 14.5. The van der Waals surface area contributed by atoms with Gasteiger partial charge in [-0.15, -0.1) is 11.8 Å². The minimum Gasteiger partial charge on any atom is -0.339 e. The fraction of sp³-hybridized carbons (Fsp3) is 0.467. The van der Waals surface area contributed by atoms with Gasteiger partial charge in [-0.3, -0.25) is 0 Å². The number of nitrogens with two attached hydrogens (primary N) is 1. The maximum atomic E-state index is 5.76. The first-order valence-corrected chi connectivity index (χ1v) is 7.80. The molecule has 0 aliphatic carbocycles. The lowest BCUT2D eigenvalue weighted by atomic mass is 9.96. The molecule has 0 aliphatic rings. The van der Waals surface area contributed by atoms with Crippen LogP contribution in [0.15, 0.2) is 33.7 Å². The molecule has 0 aliphatic heterocycles. The second kappa shape index (κ2) is 6.90. The lowest BCUT2D eigenvalue weighted by Gasteiger charge is -2.13. The third kappa shape index (κ3) is 3.84. The van der Waals surface area contributed by atoms with Crippen molar-refractivity contribution in [1.82, 2.24) is 10.1 Å². The number of aryl methyl sites for hydroxylation is 1. The number of benzene rings is 1. The van der Waals surface area contributed by atoms with Gasteiger partial charge in [-0.25, -0.2) is 0 Å². The Bertz CT molecular complexity index is 554. The smallest absolute Gasteiger partial charge is 0.231 e. The highest BCUT2D eigenvalue weighted by Crippen LogP contribution is 2.25. The number of rotatable bonds is 6. The lowest BCUT2D eigenvalue weighted by Crippen LogP contribution is -2.18. The molecule has 20 heavy (non-hydrogen) atoms. The van der Waals surface area contributed by atoms with E-state index < -0.39 is 0 Å². The third-order valence-electron chi connectivity index (χ3n) is 3.22. The summed E-state index contributed by atoms with van der Waals surface area (Å²) in [6.07, 6.45) is 0. The van der Waals surface area contributed by atoms with Crippen LogP contribution in [0, 0.1) is 12.8 Å². The summed E-state index contributed by atoms with van der Waals surface area (Å²) in [6, 6.07) is 8.39. The van der Waals surface area contributed by atoms with E-state index in [1.807, 2.05) is 0 Å². The molecule has 0 bridgehead atoms. The van der Waals surface area contributed by atoms with Crippen LogP contribution in [0.25, 0.3) is 0 Å². The molecule has 0 saturated carbocycles. The Balaban J connectivity index is 1.99. The number of nitrogens with zero attached hydrogens (tertiary/aromatic N) is 2. The highest BCUT2D eigenvalue weighted by Gasteiger charge is 2.20. The van der Waals surface area contributed by atoms with Crippen LogP contribution in [0.5, 0.6) is 0 Å². The van der Waals surface area contributed by atoms with E-state index in [9.17, 15) is 0 Å². The third-order valence-corrected chi connectivity index (χ3v) is 4.21. The molecule has 1 heterocycles. The number of aromatic nitrogens is 2. The second-order valence-electron chi connectivity index (χ2n) is 5.24. The van der Waals surface area contributed by atoms with Gasteiger partial charge < -0.3 is 10.3 Å². The zero-order valence-corrected chi connectivity index (χ0v) is 13.0. The highest BCUT2D eigenvalue weighted by atomic mass is 32.2. The molecular formula is C15H21N3OS. The van der Waals surface area contributed by atoms with E-state index in [1.54, 1.807) is 11.8 Å². The lowest BCUT2D eigenvalue weighted by molar-refractivity contribution is 0.322. The van der Waals surface area contributed by atoms with Crippen molar-refractivity contribution in [2.45, 2.75) is 37.3 Å². The maximum Gasteiger partial charge on any atom is 0.231 e. The predicted octanol–water partition coefficient (Wildman–Crippen LogP) is 3.37. The average Bonchev–Trinajstić information content (AvgIpc) is 2.85. The fourth-order valence-electron chi connectivity index (χ4n) is 1.99. The van der Waals surface area contributed by atoms with Crippen molar-refractivity contribution >= 4 is 11.8 Å². The van der Waals surface area contributed by atoms with Crippen molar-refractivity contribution in [1.29, 1.82) is 0 Å². The average molecular weight is 291 g/mol. The summed E-state index contributed by atoms with van der Waals surface area (Å²) in [5.41, 5.74) is 7.02. The normalized spacial score (nSPS) is 12.8. The maximum absolute atomic E-state index is 5.76. The summed E-state index contributed by atoms with van der Waals surface area (Å²) in [7, 11) is 0. The van der Waals surface area contributed by atoms with Crippen molar-refractivity contribution in [2.24, 2.45) is 11.7 Å². The van der Waals surface area contributed by atoms with Gasteiger partial charge in [0, 0.05) is 11.4 Å². The van der Waals surface area contributed by atoms with Crippen LogP contribution in [-0.2, 0) is 5.75 Å². The summed E-state index contributed by atoms with van der Waals surface area (Å²) in [5, 5.41) is 4.04. The van der Waals surface area contributed by atoms with E-state index in [-0.39, 0.29) is 5.92 Å². The first kappa shape index (κ1) is 15.1. The van der Waals surface area contributed by atoms with Gasteiger partial charge in [0.1, 0.15) is 0 Å². The zero-order valence-electron chi connectivity index (χ0n) is 12.2. The van der Waals surface area contributed by atoms with Crippen molar-refractivity contribution in [3.05, 3.63) is 41.5 Å². The molecule has 1 atom stereocenters. The standard InChI is InChI=1S/C15H21N3OS/c1-10(2)13(8-16)15-17-14(18-19-15)9-20-12-6-4-5-11(3)7-12/h4-7,10,13H,8-9,16H2,1-3H3. The van der Waals surface area contributed by atoms with Gasteiger partial charge in [0.15, 0.2) is 5.82 Å². The molecule has 1 aromatic carbocycles. The van der Waals surface area contributed by atoms with Crippen LogP contribution in [0.4, 0.5) is 0 Å². The number of hydrogen-bond donors (Lipinski definition) is 1. The Morgan fingerprint density at radius 3 is 2.80 bits per heavy atom. The summed E-state index contributed by atoms with van der Waals surface area (Å²) in [4.78, 5) is 5.68. The van der Waals surface area contributed by atoms with Crippen LogP contribution in [0.1, 0.15) is 37.0 Å². The number of thioether (sulfide) groups is 1. The number of hydrogen-bond acceptors (Lipinski definition) is 5. The Morgan fingerprint density at radius 2 is 2.15 bits per heavy atom. The fourth-order valence-corrected chi connectivity index (χ4v) is 2.84. The van der Waals surface area contributed by atoms with Crippen LogP contribution in [-0.4, -0.2) is 16.7 Å². The first-order chi connectivity index (χ1) is 9.60. The van der Waals surface area contributed by atoms with Gasteiger partial charge in [-0.05, 0) is 25.0 Å². The van der Waals surface area contributed by atoms with Gasteiger partial charge >= 0.3 is 0 Å². The van der Waals surface area contributed by atoms with Gasteiger partial charge in [-0.1, -0.05) is 36.7 Å². The van der Waals surface area contributed by atoms with Crippen molar-refractivity contribution in [2.75, 3.05) is 6.54 Å². The molecule has 0 spiro atoms. The molecule has 2 N–H and O–H groups in total. The summed E-state index contributed by atoms with van der Waals surface area (Å²) < 4.78 is 5.34. The van der Waals surface area contributed by atoms with Crippen LogP contribution >= 0.6 is 11.8 Å². The van der Waals surface area contributed by atoms with Gasteiger partial charge in [0.05, 0.1) is 11.7 Å². The van der Waals surface area contributed by atoms with E-state index >= 15 is 0 Å². The van der Waals surface area contributed by atoms with Crippen molar-refractivity contribution in [3.63, 3.8) is 0 Å². The SMILES string of the molecule is Cc1cccc(SCc2noc(C(CN)C(C)C)n2)c1. The van der Waals surface area contributed by atoms with E-state index in [1.165, 1.54) is 10.5 Å². The summed E-state index contributed by atoms with van der Waals surface area (Å²) in [5.74, 6) is 2.63. The molecule has 1 unspecified atom stereocenters. The minimum atomic E-state index is 0.139. The Kier molecular flexibility index (Phi) is 5.20. The largest absolute Gasteiger partial charge is 0.339 e. The van der Waals surface area contributed by atoms with Gasteiger partial charge in [0.2, 0.25) is 5.89 Å². The van der Waals surface area contributed by atoms with E-state index in [2.05, 4.69) is 55.2 Å². The van der Waals surface area contributed by atoms with E-state index in [0.717, 1.165) is 5.82 Å². The predicted molar refractivity (Wildman–Crippen MR) is 81.7 cm³/mol. The molecule has 4 nitrogen and oxygen atoms in total. The molecular weight excluding hydrogens is 270 g/mol. The monoisotopic (exact) mass is 291 g/mol. The van der Waals surface area contributed by atoms with Gasteiger partial charge in [0.25, 0.3) is 0 Å². The molecule has 2 aromatic rings. The molecule has 2 rings (SSSR count). The summed E-state index contributed by atoms with van der Waals surface area (Å²) in [6.45, 7) is 6.85. The Morgan fingerprint density at radius 1 is 1.35 bits per heavy atom. The van der Waals surface area contributed by atoms with Crippen molar-refractivity contribution < 1.29 is 4.52 Å².